The second kappa shape index (κ2) is 6.05. The normalized spacial score (nSPS) is 11.7. The Morgan fingerprint density at radius 2 is 1.68 bits per heavy atom. The summed E-state index contributed by atoms with van der Waals surface area (Å²) >= 11 is 0. The number of ether oxygens (including phenoxy) is 1. The zero-order valence-electron chi connectivity index (χ0n) is 11.1. The van der Waals surface area contributed by atoms with Crippen molar-refractivity contribution in [3.63, 3.8) is 0 Å². The van der Waals surface area contributed by atoms with Crippen LogP contribution in [-0.4, -0.2) is 13.0 Å². The van der Waals surface area contributed by atoms with E-state index in [1.54, 1.807) is 31.4 Å². The molecule has 0 saturated carbocycles. The second-order valence-electron chi connectivity index (χ2n) is 4.33. The van der Waals surface area contributed by atoms with Gasteiger partial charge in [-0.25, -0.2) is 0 Å². The van der Waals surface area contributed by atoms with Crippen molar-refractivity contribution in [3.8, 4) is 5.75 Å². The molecule has 3 nitrogen and oxygen atoms in total. The molecule has 1 amide bonds. The van der Waals surface area contributed by atoms with E-state index in [9.17, 15) is 4.79 Å². The standard InChI is InChI=1S/C16H17NO2/c1-12(13-6-4-3-5-7-13)17-16(18)14-8-10-15(19-2)11-9-14/h3-12H,1-2H3,(H,17,18)/t12-/m0/s1. The summed E-state index contributed by atoms with van der Waals surface area (Å²) in [5.74, 6) is 0.659. The van der Waals surface area contributed by atoms with Gasteiger partial charge in [0, 0.05) is 5.56 Å². The highest BCUT2D eigenvalue weighted by Gasteiger charge is 2.10. The molecule has 0 fully saturated rings. The highest BCUT2D eigenvalue weighted by atomic mass is 16.5. The van der Waals surface area contributed by atoms with E-state index in [4.69, 9.17) is 4.74 Å². The van der Waals surface area contributed by atoms with Gasteiger partial charge in [-0.15, -0.1) is 0 Å². The first-order valence-corrected chi connectivity index (χ1v) is 6.20. The Bertz CT molecular complexity index is 534. The monoisotopic (exact) mass is 255 g/mol. The van der Waals surface area contributed by atoms with Crippen molar-refractivity contribution in [3.05, 3.63) is 65.7 Å². The topological polar surface area (TPSA) is 38.3 Å². The minimum Gasteiger partial charge on any atom is -0.497 e. The van der Waals surface area contributed by atoms with Gasteiger partial charge in [-0.05, 0) is 36.8 Å². The summed E-state index contributed by atoms with van der Waals surface area (Å²) in [4.78, 5) is 12.1. The number of benzene rings is 2. The average Bonchev–Trinajstić information content (AvgIpc) is 2.48. The Hall–Kier alpha value is -2.29. The van der Waals surface area contributed by atoms with Crippen LogP contribution in [0.15, 0.2) is 54.6 Å². The molecule has 0 aromatic heterocycles. The number of amides is 1. The zero-order chi connectivity index (χ0) is 13.7. The summed E-state index contributed by atoms with van der Waals surface area (Å²) in [6.07, 6.45) is 0. The predicted octanol–water partition coefficient (Wildman–Crippen LogP) is 3.19. The maximum Gasteiger partial charge on any atom is 0.251 e. The van der Waals surface area contributed by atoms with Gasteiger partial charge < -0.3 is 10.1 Å². The van der Waals surface area contributed by atoms with Gasteiger partial charge in [-0.1, -0.05) is 30.3 Å². The Balaban J connectivity index is 2.04. The number of hydrogen-bond donors (Lipinski definition) is 1. The van der Waals surface area contributed by atoms with Crippen LogP contribution in [0.2, 0.25) is 0 Å². The quantitative estimate of drug-likeness (QED) is 0.911. The lowest BCUT2D eigenvalue weighted by atomic mass is 10.1. The Labute approximate surface area is 113 Å². The van der Waals surface area contributed by atoms with Gasteiger partial charge in [0.1, 0.15) is 5.75 Å². The summed E-state index contributed by atoms with van der Waals surface area (Å²) in [5, 5.41) is 2.97. The molecule has 2 aromatic rings. The van der Waals surface area contributed by atoms with Crippen LogP contribution in [0.25, 0.3) is 0 Å². The van der Waals surface area contributed by atoms with Gasteiger partial charge in [0.05, 0.1) is 13.2 Å². The highest BCUT2D eigenvalue weighted by Crippen LogP contribution is 2.14. The molecule has 2 aromatic carbocycles. The summed E-state index contributed by atoms with van der Waals surface area (Å²) in [6, 6.07) is 16.9. The lowest BCUT2D eigenvalue weighted by Gasteiger charge is -2.14. The van der Waals surface area contributed by atoms with E-state index in [0.29, 0.717) is 5.56 Å². The molecule has 0 aliphatic heterocycles. The molecule has 2 rings (SSSR count). The summed E-state index contributed by atoms with van der Waals surface area (Å²) in [6.45, 7) is 1.97. The van der Waals surface area contributed by atoms with Crippen molar-refractivity contribution in [2.75, 3.05) is 7.11 Å². The number of carbonyl (C=O) groups excluding carboxylic acids is 1. The molecule has 1 N–H and O–H groups in total. The second-order valence-corrected chi connectivity index (χ2v) is 4.33. The van der Waals surface area contributed by atoms with Crippen LogP contribution in [0.4, 0.5) is 0 Å². The van der Waals surface area contributed by atoms with Gasteiger partial charge in [-0.3, -0.25) is 4.79 Å². The lowest BCUT2D eigenvalue weighted by Crippen LogP contribution is -2.26. The van der Waals surface area contributed by atoms with Crippen molar-refractivity contribution in [2.24, 2.45) is 0 Å². The first-order valence-electron chi connectivity index (χ1n) is 6.20. The van der Waals surface area contributed by atoms with Gasteiger partial charge >= 0.3 is 0 Å². The number of carbonyl (C=O) groups is 1. The van der Waals surface area contributed by atoms with E-state index in [0.717, 1.165) is 11.3 Å². The van der Waals surface area contributed by atoms with E-state index in [-0.39, 0.29) is 11.9 Å². The smallest absolute Gasteiger partial charge is 0.251 e. The molecule has 0 aliphatic rings. The molecule has 0 saturated heterocycles. The Morgan fingerprint density at radius 3 is 2.26 bits per heavy atom. The molecule has 0 unspecified atom stereocenters. The maximum atomic E-state index is 12.1. The molecule has 19 heavy (non-hydrogen) atoms. The molecule has 98 valence electrons. The predicted molar refractivity (Wildman–Crippen MR) is 75.3 cm³/mol. The summed E-state index contributed by atoms with van der Waals surface area (Å²) in [7, 11) is 1.60. The molecule has 0 radical (unpaired) electrons. The fourth-order valence-corrected chi connectivity index (χ4v) is 1.85. The summed E-state index contributed by atoms with van der Waals surface area (Å²) in [5.41, 5.74) is 1.72. The van der Waals surface area contributed by atoms with Crippen molar-refractivity contribution in [1.29, 1.82) is 0 Å². The summed E-state index contributed by atoms with van der Waals surface area (Å²) < 4.78 is 5.07. The molecule has 1 atom stereocenters. The Morgan fingerprint density at radius 1 is 1.05 bits per heavy atom. The van der Waals surface area contributed by atoms with Crippen LogP contribution in [0.1, 0.15) is 28.9 Å². The SMILES string of the molecule is COc1ccc(C(=O)N[C@@H](C)c2ccccc2)cc1. The first-order chi connectivity index (χ1) is 9.20. The van der Waals surface area contributed by atoms with Crippen molar-refractivity contribution in [2.45, 2.75) is 13.0 Å². The van der Waals surface area contributed by atoms with Crippen LogP contribution in [-0.2, 0) is 0 Å². The minimum absolute atomic E-state index is 0.0178. The third kappa shape index (κ3) is 3.35. The molecule has 0 spiro atoms. The van der Waals surface area contributed by atoms with Crippen LogP contribution in [0.5, 0.6) is 5.75 Å². The fourth-order valence-electron chi connectivity index (χ4n) is 1.85. The zero-order valence-corrected chi connectivity index (χ0v) is 11.1. The molecule has 0 aliphatic carbocycles. The minimum atomic E-state index is -0.0843. The highest BCUT2D eigenvalue weighted by molar-refractivity contribution is 5.94. The first kappa shape index (κ1) is 13.1. The van der Waals surface area contributed by atoms with Crippen molar-refractivity contribution < 1.29 is 9.53 Å². The van der Waals surface area contributed by atoms with Gasteiger partial charge in [-0.2, -0.15) is 0 Å². The van der Waals surface area contributed by atoms with E-state index in [1.165, 1.54) is 0 Å². The van der Waals surface area contributed by atoms with E-state index in [2.05, 4.69) is 5.32 Å². The van der Waals surface area contributed by atoms with Crippen molar-refractivity contribution >= 4 is 5.91 Å². The Kier molecular flexibility index (Phi) is 4.18. The van der Waals surface area contributed by atoms with Gasteiger partial charge in [0.15, 0.2) is 0 Å². The average molecular weight is 255 g/mol. The molecule has 3 heteroatoms. The number of methoxy groups -OCH3 is 1. The third-order valence-electron chi connectivity index (χ3n) is 3.00. The number of nitrogens with one attached hydrogen (secondary N) is 1. The van der Waals surface area contributed by atoms with Gasteiger partial charge in [0.25, 0.3) is 5.91 Å². The van der Waals surface area contributed by atoms with Crippen LogP contribution < -0.4 is 10.1 Å². The van der Waals surface area contributed by atoms with E-state index in [1.807, 2.05) is 37.3 Å². The maximum absolute atomic E-state index is 12.1. The third-order valence-corrected chi connectivity index (χ3v) is 3.00. The van der Waals surface area contributed by atoms with Crippen LogP contribution in [0.3, 0.4) is 0 Å². The van der Waals surface area contributed by atoms with E-state index >= 15 is 0 Å². The molecule has 0 heterocycles. The van der Waals surface area contributed by atoms with Crippen LogP contribution in [0, 0.1) is 0 Å². The number of rotatable bonds is 4. The largest absolute Gasteiger partial charge is 0.497 e. The lowest BCUT2D eigenvalue weighted by molar-refractivity contribution is 0.0940. The van der Waals surface area contributed by atoms with Gasteiger partial charge in [0.2, 0.25) is 0 Å². The van der Waals surface area contributed by atoms with E-state index < -0.39 is 0 Å². The molecule has 0 bridgehead atoms. The molecular weight excluding hydrogens is 238 g/mol. The number of hydrogen-bond acceptors (Lipinski definition) is 2. The molecular formula is C16H17NO2. The van der Waals surface area contributed by atoms with Crippen LogP contribution >= 0.6 is 0 Å². The fraction of sp³-hybridized carbons (Fsp3) is 0.188. The van der Waals surface area contributed by atoms with Crippen molar-refractivity contribution in [1.82, 2.24) is 5.32 Å².